The van der Waals surface area contributed by atoms with Gasteiger partial charge in [0.15, 0.2) is 0 Å². The predicted molar refractivity (Wildman–Crippen MR) is 108 cm³/mol. The summed E-state index contributed by atoms with van der Waals surface area (Å²) in [5.74, 6) is -0.450. The van der Waals surface area contributed by atoms with Crippen LogP contribution in [-0.2, 0) is 19.6 Å². The molecule has 8 heteroatoms. The highest BCUT2D eigenvalue weighted by Crippen LogP contribution is 2.27. The number of benzene rings is 2. The third-order valence-electron chi connectivity index (χ3n) is 4.85. The minimum atomic E-state index is -3.72. The maximum Gasteiger partial charge on any atom is 0.243 e. The Kier molecular flexibility index (Phi) is 5.81. The molecule has 148 valence electrons. The third-order valence-corrected chi connectivity index (χ3v) is 6.77. The van der Waals surface area contributed by atoms with Crippen LogP contribution in [0, 0.1) is 0 Å². The predicted octanol–water partition coefficient (Wildman–Crippen LogP) is 2.46. The van der Waals surface area contributed by atoms with Crippen molar-refractivity contribution in [2.75, 3.05) is 23.8 Å². The van der Waals surface area contributed by atoms with Gasteiger partial charge in [-0.25, -0.2) is 8.42 Å². The van der Waals surface area contributed by atoms with E-state index in [1.165, 1.54) is 28.3 Å². The third kappa shape index (κ3) is 4.07. The van der Waals surface area contributed by atoms with Crippen LogP contribution in [0.4, 0.5) is 11.4 Å². The molecule has 1 aliphatic rings. The molecule has 7 nitrogen and oxygen atoms in total. The molecule has 1 heterocycles. The summed E-state index contributed by atoms with van der Waals surface area (Å²) < 4.78 is 27.1. The van der Waals surface area contributed by atoms with Gasteiger partial charge < -0.3 is 10.2 Å². The summed E-state index contributed by atoms with van der Waals surface area (Å²) in [6, 6.07) is 14.2. The summed E-state index contributed by atoms with van der Waals surface area (Å²) in [6.45, 7) is 1.79. The number of hydrogen-bond donors (Lipinski definition) is 1. The van der Waals surface area contributed by atoms with Gasteiger partial charge in [-0.1, -0.05) is 18.2 Å². The van der Waals surface area contributed by atoms with E-state index < -0.39 is 16.1 Å². The number of carbonyl (C=O) groups excluding carboxylic acids is 2. The van der Waals surface area contributed by atoms with Crippen molar-refractivity contribution in [1.82, 2.24) is 4.31 Å². The number of sulfonamides is 1. The van der Waals surface area contributed by atoms with Crippen LogP contribution in [-0.4, -0.2) is 44.2 Å². The number of anilines is 2. The van der Waals surface area contributed by atoms with E-state index in [-0.39, 0.29) is 16.7 Å². The van der Waals surface area contributed by atoms with Gasteiger partial charge in [0.1, 0.15) is 6.04 Å². The lowest BCUT2D eigenvalue weighted by Gasteiger charge is -2.23. The summed E-state index contributed by atoms with van der Waals surface area (Å²) in [4.78, 5) is 25.9. The maximum absolute atomic E-state index is 12.9. The molecular weight excluding hydrogens is 378 g/mol. The fourth-order valence-electron chi connectivity index (χ4n) is 3.19. The monoisotopic (exact) mass is 401 g/mol. The molecule has 2 aromatic carbocycles. The smallest absolute Gasteiger partial charge is 0.243 e. The fourth-order valence-corrected chi connectivity index (χ4v) is 4.87. The van der Waals surface area contributed by atoms with Crippen LogP contribution in [0.25, 0.3) is 0 Å². The van der Waals surface area contributed by atoms with Gasteiger partial charge in [-0.15, -0.1) is 0 Å². The molecule has 28 heavy (non-hydrogen) atoms. The molecular formula is C20H23N3O4S. The van der Waals surface area contributed by atoms with E-state index in [0.717, 1.165) is 0 Å². The highest BCUT2D eigenvalue weighted by molar-refractivity contribution is 7.89. The molecule has 1 aliphatic heterocycles. The first-order valence-corrected chi connectivity index (χ1v) is 10.5. The Morgan fingerprint density at radius 3 is 2.32 bits per heavy atom. The molecule has 0 saturated carbocycles. The van der Waals surface area contributed by atoms with Crippen LogP contribution in [0.5, 0.6) is 0 Å². The molecule has 2 amide bonds. The lowest BCUT2D eigenvalue weighted by atomic mass is 10.2. The largest absolute Gasteiger partial charge is 0.325 e. The lowest BCUT2D eigenvalue weighted by Crippen LogP contribution is -2.43. The Morgan fingerprint density at radius 1 is 1.07 bits per heavy atom. The molecule has 3 rings (SSSR count). The molecule has 0 aromatic heterocycles. The summed E-state index contributed by atoms with van der Waals surface area (Å²) >= 11 is 0. The maximum atomic E-state index is 12.9. The Morgan fingerprint density at radius 2 is 1.71 bits per heavy atom. The normalized spacial score (nSPS) is 17.3. The van der Waals surface area contributed by atoms with E-state index in [9.17, 15) is 18.0 Å². The lowest BCUT2D eigenvalue weighted by molar-refractivity contribution is -0.119. The highest BCUT2D eigenvalue weighted by atomic mass is 32.2. The first-order valence-electron chi connectivity index (χ1n) is 9.03. The van der Waals surface area contributed by atoms with Crippen LogP contribution in [0.2, 0.25) is 0 Å². The molecule has 0 radical (unpaired) electrons. The molecule has 1 fully saturated rings. The van der Waals surface area contributed by atoms with Crippen molar-refractivity contribution in [3.05, 3.63) is 54.6 Å². The minimum Gasteiger partial charge on any atom is -0.325 e. The molecule has 1 saturated heterocycles. The van der Waals surface area contributed by atoms with Gasteiger partial charge in [-0.05, 0) is 49.2 Å². The van der Waals surface area contributed by atoms with Crippen molar-refractivity contribution in [3.63, 3.8) is 0 Å². The Balaban J connectivity index is 1.74. The summed E-state index contributed by atoms with van der Waals surface area (Å²) in [7, 11) is -2.06. The number of nitrogens with one attached hydrogen (secondary N) is 1. The van der Waals surface area contributed by atoms with E-state index in [0.29, 0.717) is 30.8 Å². The van der Waals surface area contributed by atoms with E-state index in [2.05, 4.69) is 5.32 Å². The Labute approximate surface area is 165 Å². The SMILES string of the molecule is CC(=O)N(C)c1ccc(NC(=O)C2CCCN2S(=O)(=O)c2ccccc2)cc1. The molecule has 1 atom stereocenters. The van der Waals surface area contributed by atoms with Gasteiger partial charge in [-0.3, -0.25) is 9.59 Å². The standard InChI is InChI=1S/C20H23N3O4S/c1-15(24)22(2)17-12-10-16(11-13-17)21-20(25)19-9-6-14-23(19)28(26,27)18-7-4-3-5-8-18/h3-5,7-8,10-13,19H,6,9,14H2,1-2H3,(H,21,25). The zero-order valence-corrected chi connectivity index (χ0v) is 16.6. The molecule has 1 N–H and O–H groups in total. The summed E-state index contributed by atoms with van der Waals surface area (Å²) in [5, 5.41) is 2.78. The number of carbonyl (C=O) groups is 2. The van der Waals surface area contributed by atoms with Crippen LogP contribution in [0.1, 0.15) is 19.8 Å². The van der Waals surface area contributed by atoms with Crippen LogP contribution >= 0.6 is 0 Å². The van der Waals surface area contributed by atoms with Crippen LogP contribution in [0.3, 0.4) is 0 Å². The van der Waals surface area contributed by atoms with E-state index in [1.54, 1.807) is 49.5 Å². The van der Waals surface area contributed by atoms with Crippen molar-refractivity contribution in [3.8, 4) is 0 Å². The molecule has 0 bridgehead atoms. The fraction of sp³-hybridized carbons (Fsp3) is 0.300. The highest BCUT2D eigenvalue weighted by Gasteiger charge is 2.39. The molecule has 0 aliphatic carbocycles. The summed E-state index contributed by atoms with van der Waals surface area (Å²) in [5.41, 5.74) is 1.26. The number of rotatable bonds is 5. The van der Waals surface area contributed by atoms with Gasteiger partial charge in [-0.2, -0.15) is 4.31 Å². The van der Waals surface area contributed by atoms with E-state index in [4.69, 9.17) is 0 Å². The quantitative estimate of drug-likeness (QED) is 0.834. The van der Waals surface area contributed by atoms with Crippen molar-refractivity contribution in [2.45, 2.75) is 30.7 Å². The van der Waals surface area contributed by atoms with Crippen molar-refractivity contribution in [2.24, 2.45) is 0 Å². The second-order valence-corrected chi connectivity index (χ2v) is 8.59. The van der Waals surface area contributed by atoms with Crippen molar-refractivity contribution >= 4 is 33.2 Å². The van der Waals surface area contributed by atoms with Crippen molar-refractivity contribution < 1.29 is 18.0 Å². The summed E-state index contributed by atoms with van der Waals surface area (Å²) in [6.07, 6.45) is 1.11. The van der Waals surface area contributed by atoms with Gasteiger partial charge >= 0.3 is 0 Å². The Bertz CT molecular complexity index is 959. The van der Waals surface area contributed by atoms with E-state index >= 15 is 0 Å². The second-order valence-electron chi connectivity index (χ2n) is 6.70. The molecule has 1 unspecified atom stereocenters. The van der Waals surface area contributed by atoms with Gasteiger partial charge in [0.25, 0.3) is 0 Å². The zero-order valence-electron chi connectivity index (χ0n) is 15.8. The molecule has 0 spiro atoms. The zero-order chi connectivity index (χ0) is 20.3. The second kappa shape index (κ2) is 8.12. The van der Waals surface area contributed by atoms with Gasteiger partial charge in [0.05, 0.1) is 4.90 Å². The number of amides is 2. The Hall–Kier alpha value is -2.71. The molecule has 2 aromatic rings. The first-order chi connectivity index (χ1) is 13.3. The average Bonchev–Trinajstić information content (AvgIpc) is 3.19. The van der Waals surface area contributed by atoms with Crippen LogP contribution < -0.4 is 10.2 Å². The number of hydrogen-bond acceptors (Lipinski definition) is 4. The topological polar surface area (TPSA) is 86.8 Å². The van der Waals surface area contributed by atoms with Gasteiger partial charge in [0.2, 0.25) is 21.8 Å². The number of nitrogens with zero attached hydrogens (tertiary/aromatic N) is 2. The van der Waals surface area contributed by atoms with E-state index in [1.807, 2.05) is 0 Å². The minimum absolute atomic E-state index is 0.0931. The van der Waals surface area contributed by atoms with Crippen molar-refractivity contribution in [1.29, 1.82) is 0 Å². The van der Waals surface area contributed by atoms with Crippen LogP contribution in [0.15, 0.2) is 59.5 Å². The average molecular weight is 401 g/mol. The first kappa shape index (κ1) is 20.0. The van der Waals surface area contributed by atoms with Gasteiger partial charge in [0, 0.05) is 31.9 Å².